The Morgan fingerprint density at radius 3 is 1.89 bits per heavy atom. The molecule has 1 rings (SSSR count). The van der Waals surface area contributed by atoms with Gasteiger partial charge in [-0.15, -0.1) is 0 Å². The quantitative estimate of drug-likeness (QED) is 0.132. The van der Waals surface area contributed by atoms with Gasteiger partial charge >= 0.3 is 0 Å². The van der Waals surface area contributed by atoms with Crippen LogP contribution < -0.4 is 0 Å². The lowest BCUT2D eigenvalue weighted by molar-refractivity contribution is -0.384. The van der Waals surface area contributed by atoms with Crippen molar-refractivity contribution in [1.82, 2.24) is 0 Å². The Kier molecular flexibility index (Phi) is 13.9. The summed E-state index contributed by atoms with van der Waals surface area (Å²) in [6, 6.07) is 3.98. The molecule has 0 heterocycles. The average Bonchev–Trinajstić information content (AvgIpc) is 2.68. The van der Waals surface area contributed by atoms with Gasteiger partial charge in [-0.1, -0.05) is 90.4 Å². The molecule has 0 fully saturated rings. The van der Waals surface area contributed by atoms with Crippen molar-refractivity contribution >= 4 is 11.9 Å². The molecule has 0 atom stereocenters. The standard InChI is InChI=1S/C23H38N2O3/c1-2-3-4-5-6-7-8-9-10-11-12-13-14-15-18-24-20-21-19-22(25(27)28)16-17-23(21)26/h16-17,19-20,26H,2-15,18H2,1H3. The molecule has 1 aromatic rings. The number of aliphatic imine (C=N–C) groups is 1. The molecule has 0 bridgehead atoms. The molecule has 0 radical (unpaired) electrons. The third-order valence-electron chi connectivity index (χ3n) is 5.09. The predicted molar refractivity (Wildman–Crippen MR) is 118 cm³/mol. The molecule has 0 aliphatic carbocycles. The lowest BCUT2D eigenvalue weighted by Crippen LogP contribution is -1.91. The van der Waals surface area contributed by atoms with Crippen molar-refractivity contribution in [3.63, 3.8) is 0 Å². The van der Waals surface area contributed by atoms with Gasteiger partial charge in [-0.2, -0.15) is 0 Å². The molecule has 0 saturated heterocycles. The lowest BCUT2D eigenvalue weighted by atomic mass is 10.0. The van der Waals surface area contributed by atoms with Crippen LogP contribution in [-0.4, -0.2) is 22.8 Å². The molecule has 5 nitrogen and oxygen atoms in total. The molecule has 0 unspecified atom stereocenters. The van der Waals surface area contributed by atoms with Gasteiger partial charge in [0.25, 0.3) is 5.69 Å². The highest BCUT2D eigenvalue weighted by molar-refractivity contribution is 5.84. The first-order valence-corrected chi connectivity index (χ1v) is 11.1. The molecular formula is C23H38N2O3. The van der Waals surface area contributed by atoms with Gasteiger partial charge in [-0.05, 0) is 12.5 Å². The summed E-state index contributed by atoms with van der Waals surface area (Å²) in [6.07, 6.45) is 20.1. The summed E-state index contributed by atoms with van der Waals surface area (Å²) in [5.41, 5.74) is 0.371. The zero-order valence-electron chi connectivity index (χ0n) is 17.6. The maximum absolute atomic E-state index is 10.8. The fourth-order valence-electron chi connectivity index (χ4n) is 3.32. The summed E-state index contributed by atoms with van der Waals surface area (Å²) >= 11 is 0. The Hall–Kier alpha value is -1.91. The smallest absolute Gasteiger partial charge is 0.270 e. The minimum Gasteiger partial charge on any atom is -0.507 e. The zero-order chi connectivity index (χ0) is 20.5. The first kappa shape index (κ1) is 24.1. The number of rotatable bonds is 17. The zero-order valence-corrected chi connectivity index (χ0v) is 17.6. The van der Waals surface area contributed by atoms with Crippen molar-refractivity contribution in [3.8, 4) is 5.75 Å². The summed E-state index contributed by atoms with van der Waals surface area (Å²) in [6.45, 7) is 2.96. The predicted octanol–water partition coefficient (Wildman–Crippen LogP) is 7.20. The fraction of sp³-hybridized carbons (Fsp3) is 0.696. The average molecular weight is 391 g/mol. The van der Waals surface area contributed by atoms with Crippen LogP contribution in [0.4, 0.5) is 5.69 Å². The normalized spacial score (nSPS) is 11.3. The largest absolute Gasteiger partial charge is 0.507 e. The van der Waals surface area contributed by atoms with Crippen molar-refractivity contribution in [3.05, 3.63) is 33.9 Å². The molecule has 5 heteroatoms. The SMILES string of the molecule is CCCCCCCCCCCCCCCCN=Cc1cc([N+](=O)[O-])ccc1O. The topological polar surface area (TPSA) is 75.7 Å². The third kappa shape index (κ3) is 11.7. The van der Waals surface area contributed by atoms with Crippen LogP contribution in [0.15, 0.2) is 23.2 Å². The first-order valence-electron chi connectivity index (χ1n) is 11.1. The van der Waals surface area contributed by atoms with Crippen molar-refractivity contribution in [2.75, 3.05) is 6.54 Å². The number of hydrogen-bond acceptors (Lipinski definition) is 4. The molecule has 1 aromatic carbocycles. The van der Waals surface area contributed by atoms with Crippen LogP contribution >= 0.6 is 0 Å². The molecule has 0 saturated carbocycles. The summed E-state index contributed by atoms with van der Waals surface area (Å²) in [5, 5.41) is 20.5. The number of nitrogens with zero attached hydrogens (tertiary/aromatic N) is 2. The van der Waals surface area contributed by atoms with Crippen LogP contribution in [0.3, 0.4) is 0 Å². The van der Waals surface area contributed by atoms with Gasteiger partial charge in [0.15, 0.2) is 0 Å². The molecule has 0 aliphatic rings. The fourth-order valence-corrected chi connectivity index (χ4v) is 3.32. The highest BCUT2D eigenvalue weighted by Gasteiger charge is 2.08. The molecular weight excluding hydrogens is 352 g/mol. The summed E-state index contributed by atoms with van der Waals surface area (Å²) in [7, 11) is 0. The maximum atomic E-state index is 10.8. The first-order chi connectivity index (χ1) is 13.6. The van der Waals surface area contributed by atoms with Gasteiger partial charge in [-0.3, -0.25) is 15.1 Å². The Bertz CT molecular complexity index is 573. The van der Waals surface area contributed by atoms with E-state index < -0.39 is 4.92 Å². The third-order valence-corrected chi connectivity index (χ3v) is 5.09. The number of phenols is 1. The Morgan fingerprint density at radius 1 is 0.893 bits per heavy atom. The highest BCUT2D eigenvalue weighted by atomic mass is 16.6. The molecule has 0 amide bonds. The van der Waals surface area contributed by atoms with Crippen LogP contribution in [0.2, 0.25) is 0 Å². The number of nitro groups is 1. The minimum absolute atomic E-state index is 0.0234. The second kappa shape index (κ2) is 16.1. The number of unbranched alkanes of at least 4 members (excludes halogenated alkanes) is 13. The monoisotopic (exact) mass is 390 g/mol. The summed E-state index contributed by atoms with van der Waals surface area (Å²) in [5.74, 6) is 0.0234. The van der Waals surface area contributed by atoms with Crippen molar-refractivity contribution in [2.45, 2.75) is 96.8 Å². The van der Waals surface area contributed by atoms with E-state index in [0.717, 1.165) is 12.8 Å². The minimum atomic E-state index is -0.468. The summed E-state index contributed by atoms with van der Waals surface area (Å²) < 4.78 is 0. The van der Waals surface area contributed by atoms with Gasteiger partial charge in [0.1, 0.15) is 5.75 Å². The molecule has 0 aromatic heterocycles. The van der Waals surface area contributed by atoms with Crippen molar-refractivity contribution in [1.29, 1.82) is 0 Å². The molecule has 158 valence electrons. The van der Waals surface area contributed by atoms with E-state index in [1.807, 2.05) is 0 Å². The van der Waals surface area contributed by atoms with E-state index in [1.54, 1.807) is 0 Å². The van der Waals surface area contributed by atoms with E-state index in [1.165, 1.54) is 101 Å². The van der Waals surface area contributed by atoms with E-state index in [-0.39, 0.29) is 11.4 Å². The van der Waals surface area contributed by atoms with E-state index in [4.69, 9.17) is 0 Å². The second-order valence-corrected chi connectivity index (χ2v) is 7.63. The Labute approximate surface area is 170 Å². The highest BCUT2D eigenvalue weighted by Crippen LogP contribution is 2.21. The Morgan fingerprint density at radius 2 is 1.39 bits per heavy atom. The number of hydrogen-bond donors (Lipinski definition) is 1. The number of phenolic OH excluding ortho intramolecular Hbond substituents is 1. The van der Waals surface area contributed by atoms with Gasteiger partial charge < -0.3 is 5.11 Å². The molecule has 28 heavy (non-hydrogen) atoms. The number of benzene rings is 1. The van der Waals surface area contributed by atoms with Crippen molar-refractivity contribution < 1.29 is 10.0 Å². The van der Waals surface area contributed by atoms with Crippen LogP contribution in [0.1, 0.15) is 102 Å². The Balaban J connectivity index is 1.96. The number of aromatic hydroxyl groups is 1. The van der Waals surface area contributed by atoms with E-state index >= 15 is 0 Å². The summed E-state index contributed by atoms with van der Waals surface area (Å²) in [4.78, 5) is 14.6. The lowest BCUT2D eigenvalue weighted by Gasteiger charge is -2.03. The van der Waals surface area contributed by atoms with Gasteiger partial charge in [0, 0.05) is 30.5 Å². The number of non-ortho nitro benzene ring substituents is 1. The molecule has 0 aliphatic heterocycles. The van der Waals surface area contributed by atoms with Crippen LogP contribution in [-0.2, 0) is 0 Å². The van der Waals surface area contributed by atoms with Gasteiger partial charge in [-0.25, -0.2) is 0 Å². The molecule has 0 spiro atoms. The van der Waals surface area contributed by atoms with Crippen LogP contribution in [0, 0.1) is 10.1 Å². The maximum Gasteiger partial charge on any atom is 0.270 e. The van der Waals surface area contributed by atoms with E-state index in [2.05, 4.69) is 11.9 Å². The van der Waals surface area contributed by atoms with Crippen LogP contribution in [0.5, 0.6) is 5.75 Å². The second-order valence-electron chi connectivity index (χ2n) is 7.63. The molecule has 1 N–H and O–H groups in total. The van der Waals surface area contributed by atoms with Gasteiger partial charge in [0.05, 0.1) is 4.92 Å². The van der Waals surface area contributed by atoms with E-state index in [9.17, 15) is 15.2 Å². The van der Waals surface area contributed by atoms with Crippen LogP contribution in [0.25, 0.3) is 0 Å². The number of nitro benzene ring substituents is 1. The van der Waals surface area contributed by atoms with Gasteiger partial charge in [0.2, 0.25) is 0 Å². The van der Waals surface area contributed by atoms with E-state index in [0.29, 0.717) is 12.1 Å². The van der Waals surface area contributed by atoms with Crippen molar-refractivity contribution in [2.24, 2.45) is 4.99 Å².